The maximum atomic E-state index is 9.39. The lowest BCUT2D eigenvalue weighted by Crippen LogP contribution is -1.71. The van der Waals surface area contributed by atoms with Gasteiger partial charge in [-0.1, -0.05) is 0 Å². The van der Waals surface area contributed by atoms with Gasteiger partial charge in [-0.3, -0.25) is 0 Å². The van der Waals surface area contributed by atoms with E-state index in [-0.39, 0.29) is 12.4 Å². The molecule has 68 valence electrons. The van der Waals surface area contributed by atoms with E-state index in [9.17, 15) is 5.11 Å². The minimum Gasteiger partial charge on any atom is -0.507 e. The van der Waals surface area contributed by atoms with Crippen LogP contribution in [0, 0.1) is 0 Å². The van der Waals surface area contributed by atoms with E-state index in [1.807, 2.05) is 12.1 Å². The summed E-state index contributed by atoms with van der Waals surface area (Å²) in [4.78, 5) is 0.904. The average Bonchev–Trinajstić information content (AvgIpc) is 2.55. The van der Waals surface area contributed by atoms with Gasteiger partial charge in [-0.2, -0.15) is 0 Å². The molecule has 2 nitrogen and oxygen atoms in total. The third-order valence-electron chi connectivity index (χ3n) is 1.82. The number of aliphatic hydroxyl groups is 1. The normalized spacial score (nSPS) is 10.9. The molecule has 2 N–H and O–H groups in total. The van der Waals surface area contributed by atoms with Crippen molar-refractivity contribution in [2.45, 2.75) is 6.61 Å². The van der Waals surface area contributed by atoms with Crippen LogP contribution < -0.4 is 0 Å². The Bertz CT molecular complexity index is 450. The number of rotatable bonds is 1. The Morgan fingerprint density at radius 1 is 1.38 bits per heavy atom. The van der Waals surface area contributed by atoms with Crippen LogP contribution in [0.4, 0.5) is 0 Å². The van der Waals surface area contributed by atoms with Gasteiger partial charge in [-0.15, -0.1) is 11.3 Å². The molecule has 0 aliphatic carbocycles. The maximum Gasteiger partial charge on any atom is 0.130 e. The molecule has 2 rings (SSSR count). The minimum atomic E-state index is 0.0482. The molecule has 0 bridgehead atoms. The monoisotopic (exact) mass is 258 g/mol. The first-order chi connectivity index (χ1) is 6.22. The lowest BCUT2D eigenvalue weighted by Gasteiger charge is -1.96. The second kappa shape index (κ2) is 3.29. The molecule has 0 saturated carbocycles. The smallest absolute Gasteiger partial charge is 0.130 e. The molecule has 1 aromatic heterocycles. The molecule has 0 fully saturated rings. The topological polar surface area (TPSA) is 40.5 Å². The van der Waals surface area contributed by atoms with Gasteiger partial charge in [0.2, 0.25) is 0 Å². The Morgan fingerprint density at radius 2 is 2.15 bits per heavy atom. The lowest BCUT2D eigenvalue weighted by molar-refractivity contribution is 0.285. The summed E-state index contributed by atoms with van der Waals surface area (Å²) in [6.45, 7) is 0.0482. The number of aromatic hydroxyl groups is 1. The van der Waals surface area contributed by atoms with Crippen molar-refractivity contribution in [2.24, 2.45) is 0 Å². The van der Waals surface area contributed by atoms with Gasteiger partial charge < -0.3 is 10.2 Å². The highest BCUT2D eigenvalue weighted by atomic mass is 79.9. The number of aliphatic hydroxyl groups excluding tert-OH is 1. The Balaban J connectivity index is 2.76. The van der Waals surface area contributed by atoms with Gasteiger partial charge in [0, 0.05) is 15.0 Å². The molecule has 0 unspecified atom stereocenters. The van der Waals surface area contributed by atoms with Crippen LogP contribution in [0.25, 0.3) is 10.1 Å². The molecule has 4 heteroatoms. The van der Waals surface area contributed by atoms with Crippen LogP contribution in [0.2, 0.25) is 0 Å². The van der Waals surface area contributed by atoms with E-state index in [4.69, 9.17) is 5.11 Å². The second-order valence-corrected chi connectivity index (χ2v) is 4.64. The van der Waals surface area contributed by atoms with Crippen molar-refractivity contribution in [3.8, 4) is 5.75 Å². The zero-order chi connectivity index (χ0) is 9.42. The van der Waals surface area contributed by atoms with Crippen molar-refractivity contribution >= 4 is 37.4 Å². The van der Waals surface area contributed by atoms with Crippen molar-refractivity contribution in [1.82, 2.24) is 0 Å². The second-order valence-electron chi connectivity index (χ2n) is 2.68. The third-order valence-corrected chi connectivity index (χ3v) is 3.74. The fourth-order valence-corrected chi connectivity index (χ4v) is 2.72. The zero-order valence-corrected chi connectivity index (χ0v) is 9.02. The zero-order valence-electron chi connectivity index (χ0n) is 6.62. The van der Waals surface area contributed by atoms with E-state index in [0.29, 0.717) is 4.47 Å². The SMILES string of the molecule is OCc1cc2c(Br)c(O)ccc2s1. The first-order valence-electron chi connectivity index (χ1n) is 3.73. The van der Waals surface area contributed by atoms with E-state index >= 15 is 0 Å². The summed E-state index contributed by atoms with van der Waals surface area (Å²) in [5.74, 6) is 0.231. The molecule has 13 heavy (non-hydrogen) atoms. The molecule has 0 aliphatic rings. The number of thiophene rings is 1. The van der Waals surface area contributed by atoms with Crippen LogP contribution >= 0.6 is 27.3 Å². The van der Waals surface area contributed by atoms with E-state index in [2.05, 4.69) is 15.9 Å². The van der Waals surface area contributed by atoms with Crippen molar-refractivity contribution in [1.29, 1.82) is 0 Å². The molecule has 1 heterocycles. The fraction of sp³-hybridized carbons (Fsp3) is 0.111. The Morgan fingerprint density at radius 3 is 2.85 bits per heavy atom. The number of phenolic OH excluding ortho intramolecular Hbond substituents is 1. The number of phenols is 1. The van der Waals surface area contributed by atoms with Gasteiger partial charge in [0.05, 0.1) is 11.1 Å². The molecule has 0 aliphatic heterocycles. The summed E-state index contributed by atoms with van der Waals surface area (Å²) in [5.41, 5.74) is 0. The molecule has 2 aromatic rings. The van der Waals surface area contributed by atoms with E-state index < -0.39 is 0 Å². The highest BCUT2D eigenvalue weighted by Gasteiger charge is 2.07. The van der Waals surface area contributed by atoms with Crippen LogP contribution in [0.15, 0.2) is 22.7 Å². The van der Waals surface area contributed by atoms with E-state index in [0.717, 1.165) is 15.0 Å². The fourth-order valence-electron chi connectivity index (χ4n) is 1.20. The molecule has 0 saturated heterocycles. The summed E-state index contributed by atoms with van der Waals surface area (Å²) in [5, 5.41) is 19.3. The van der Waals surface area contributed by atoms with Crippen molar-refractivity contribution in [3.05, 3.63) is 27.5 Å². The van der Waals surface area contributed by atoms with Gasteiger partial charge in [0.15, 0.2) is 0 Å². The molecule has 0 atom stereocenters. The van der Waals surface area contributed by atoms with E-state index in [1.54, 1.807) is 6.07 Å². The van der Waals surface area contributed by atoms with Crippen LogP contribution in [0.5, 0.6) is 5.75 Å². The first kappa shape index (κ1) is 8.99. The third kappa shape index (κ3) is 1.45. The van der Waals surface area contributed by atoms with Gasteiger partial charge >= 0.3 is 0 Å². The van der Waals surface area contributed by atoms with Crippen molar-refractivity contribution in [3.63, 3.8) is 0 Å². The number of halogens is 1. The summed E-state index contributed by atoms with van der Waals surface area (Å²) >= 11 is 4.83. The number of hydrogen-bond acceptors (Lipinski definition) is 3. The standard InChI is InChI=1S/C9H7BrO2S/c10-9-6-3-5(4-11)13-8(6)2-1-7(9)12/h1-3,11-12H,4H2. The molecule has 0 spiro atoms. The predicted molar refractivity (Wildman–Crippen MR) is 57.1 cm³/mol. The highest BCUT2D eigenvalue weighted by Crippen LogP contribution is 2.36. The van der Waals surface area contributed by atoms with Gasteiger partial charge in [-0.05, 0) is 34.1 Å². The van der Waals surface area contributed by atoms with Crippen LogP contribution in [-0.2, 0) is 6.61 Å². The largest absolute Gasteiger partial charge is 0.507 e. The van der Waals surface area contributed by atoms with Crippen LogP contribution in [0.3, 0.4) is 0 Å². The number of hydrogen-bond donors (Lipinski definition) is 2. The highest BCUT2D eigenvalue weighted by molar-refractivity contribution is 9.10. The Kier molecular flexibility index (Phi) is 2.27. The van der Waals surface area contributed by atoms with Crippen molar-refractivity contribution in [2.75, 3.05) is 0 Å². The number of benzene rings is 1. The number of fused-ring (bicyclic) bond motifs is 1. The lowest BCUT2D eigenvalue weighted by atomic mass is 10.2. The maximum absolute atomic E-state index is 9.39. The predicted octanol–water partition coefficient (Wildman–Crippen LogP) is 2.86. The minimum absolute atomic E-state index is 0.0482. The van der Waals surface area contributed by atoms with Crippen molar-refractivity contribution < 1.29 is 10.2 Å². The molecule has 0 amide bonds. The first-order valence-corrected chi connectivity index (χ1v) is 5.34. The molecule has 0 radical (unpaired) electrons. The Labute approximate surface area is 87.6 Å². The van der Waals surface area contributed by atoms with E-state index in [1.165, 1.54) is 11.3 Å². The summed E-state index contributed by atoms with van der Waals surface area (Å²) in [6, 6.07) is 5.37. The van der Waals surface area contributed by atoms with Gasteiger partial charge in [-0.25, -0.2) is 0 Å². The summed E-state index contributed by atoms with van der Waals surface area (Å²) in [6.07, 6.45) is 0. The quantitative estimate of drug-likeness (QED) is 0.826. The Hall–Kier alpha value is -0.580. The molecular weight excluding hydrogens is 252 g/mol. The summed E-state index contributed by atoms with van der Waals surface area (Å²) < 4.78 is 1.76. The van der Waals surface area contributed by atoms with Crippen LogP contribution in [-0.4, -0.2) is 10.2 Å². The molecular formula is C9H7BrO2S. The summed E-state index contributed by atoms with van der Waals surface area (Å²) in [7, 11) is 0. The van der Waals surface area contributed by atoms with Gasteiger partial charge in [0.1, 0.15) is 5.75 Å². The van der Waals surface area contributed by atoms with Crippen LogP contribution in [0.1, 0.15) is 4.88 Å². The molecule has 1 aromatic carbocycles. The van der Waals surface area contributed by atoms with Gasteiger partial charge in [0.25, 0.3) is 0 Å². The average molecular weight is 259 g/mol.